The summed E-state index contributed by atoms with van der Waals surface area (Å²) in [5.74, 6) is 2.07. The molecule has 4 bridgehead atoms. The zero-order valence-electron chi connectivity index (χ0n) is 16.4. The van der Waals surface area contributed by atoms with Crippen molar-refractivity contribution < 1.29 is 14.3 Å². The number of rotatable bonds is 5. The highest BCUT2D eigenvalue weighted by Crippen LogP contribution is 2.61. The molecule has 0 spiro atoms. The quantitative estimate of drug-likeness (QED) is 0.552. The minimum Gasteiger partial charge on any atom is -0.462 e. The fraction of sp³-hybridized carbons (Fsp3) is 0.700. The van der Waals surface area contributed by atoms with Crippen LogP contribution in [0.1, 0.15) is 67.2 Å². The number of carbonyl (C=O) groups excluding carboxylic acids is 2. The van der Waals surface area contributed by atoms with E-state index in [0.29, 0.717) is 28.7 Å². The number of hydrogen-bond acceptors (Lipinski definition) is 6. The smallest absolute Gasteiger partial charge is 0.350 e. The molecule has 4 fully saturated rings. The largest absolute Gasteiger partial charge is 0.462 e. The average molecular weight is 422 g/mol. The first kappa shape index (κ1) is 19.8. The molecule has 4 aliphatic rings. The maximum atomic E-state index is 12.7. The van der Waals surface area contributed by atoms with E-state index in [2.05, 4.69) is 15.6 Å². The highest BCUT2D eigenvalue weighted by atomic mass is 32.1. The highest BCUT2D eigenvalue weighted by Gasteiger charge is 2.51. The van der Waals surface area contributed by atoms with Crippen molar-refractivity contribution in [3.05, 3.63) is 10.6 Å². The maximum Gasteiger partial charge on any atom is 0.350 e. The predicted molar refractivity (Wildman–Crippen MR) is 112 cm³/mol. The van der Waals surface area contributed by atoms with Crippen LogP contribution in [0, 0.1) is 30.1 Å². The molecule has 1 heterocycles. The van der Waals surface area contributed by atoms with Gasteiger partial charge in [-0.15, -0.1) is 0 Å². The molecule has 4 saturated carbocycles. The number of anilines is 1. The van der Waals surface area contributed by atoms with Gasteiger partial charge in [-0.25, -0.2) is 9.78 Å². The summed E-state index contributed by atoms with van der Waals surface area (Å²) in [4.78, 5) is 29.3. The van der Waals surface area contributed by atoms with Crippen LogP contribution in [0.3, 0.4) is 0 Å². The van der Waals surface area contributed by atoms with Gasteiger partial charge < -0.3 is 15.4 Å². The molecule has 0 saturated heterocycles. The summed E-state index contributed by atoms with van der Waals surface area (Å²) in [6.45, 7) is 3.84. The van der Waals surface area contributed by atoms with Crippen molar-refractivity contribution in [2.24, 2.45) is 23.2 Å². The fourth-order valence-corrected chi connectivity index (χ4v) is 7.12. The molecule has 1 aromatic rings. The second kappa shape index (κ2) is 7.71. The van der Waals surface area contributed by atoms with Gasteiger partial charge >= 0.3 is 5.97 Å². The lowest BCUT2D eigenvalue weighted by atomic mass is 9.49. The van der Waals surface area contributed by atoms with Gasteiger partial charge in [-0.05, 0) is 87.8 Å². The van der Waals surface area contributed by atoms with Crippen molar-refractivity contribution in [1.82, 2.24) is 10.3 Å². The van der Waals surface area contributed by atoms with Gasteiger partial charge in [0.2, 0.25) is 5.91 Å². The number of nitrogens with one attached hydrogen (secondary N) is 2. The molecule has 152 valence electrons. The summed E-state index contributed by atoms with van der Waals surface area (Å²) in [7, 11) is 0. The van der Waals surface area contributed by atoms with E-state index in [0.717, 1.165) is 17.8 Å². The highest BCUT2D eigenvalue weighted by molar-refractivity contribution is 7.80. The standard InChI is InChI=1S/C20H27N3O3S2/c1-3-26-17(25)16-11(2)21-19(28-16)23-18(27)22-15(24)10-20-7-12-4-13(8-20)6-14(5-12)9-20/h12-14H,3-10H2,1-2H3,(H2,21,22,23,24,27). The number of esters is 1. The number of aromatic nitrogens is 1. The van der Waals surface area contributed by atoms with Crippen LogP contribution in [0.4, 0.5) is 5.13 Å². The first-order chi connectivity index (χ1) is 13.4. The van der Waals surface area contributed by atoms with E-state index < -0.39 is 0 Å². The van der Waals surface area contributed by atoms with Crippen molar-refractivity contribution in [2.45, 2.75) is 58.8 Å². The third-order valence-electron chi connectivity index (χ3n) is 6.43. The molecule has 5 rings (SSSR count). The Bertz CT molecular complexity index is 769. The van der Waals surface area contributed by atoms with Gasteiger partial charge in [0.15, 0.2) is 10.2 Å². The number of amides is 1. The molecule has 0 aromatic carbocycles. The minimum atomic E-state index is -0.387. The van der Waals surface area contributed by atoms with Crippen LogP contribution in [0.5, 0.6) is 0 Å². The average Bonchev–Trinajstić information content (AvgIpc) is 2.93. The lowest BCUT2D eigenvalue weighted by Gasteiger charge is -2.56. The van der Waals surface area contributed by atoms with Crippen LogP contribution in [-0.2, 0) is 9.53 Å². The van der Waals surface area contributed by atoms with Crippen LogP contribution in [0.15, 0.2) is 0 Å². The van der Waals surface area contributed by atoms with Crippen LogP contribution in [0.25, 0.3) is 0 Å². The monoisotopic (exact) mass is 421 g/mol. The second-order valence-electron chi connectivity index (χ2n) is 8.75. The lowest BCUT2D eigenvalue weighted by Crippen LogP contribution is -2.48. The molecule has 8 heteroatoms. The van der Waals surface area contributed by atoms with E-state index >= 15 is 0 Å². The van der Waals surface area contributed by atoms with Gasteiger partial charge in [-0.1, -0.05) is 11.3 Å². The Morgan fingerprint density at radius 2 is 1.82 bits per heavy atom. The van der Waals surface area contributed by atoms with Gasteiger partial charge in [0.05, 0.1) is 12.3 Å². The molecule has 0 atom stereocenters. The molecule has 0 radical (unpaired) electrons. The van der Waals surface area contributed by atoms with Crippen molar-refractivity contribution in [3.63, 3.8) is 0 Å². The third kappa shape index (κ3) is 4.08. The first-order valence-electron chi connectivity index (χ1n) is 10.1. The van der Waals surface area contributed by atoms with Crippen molar-refractivity contribution in [1.29, 1.82) is 0 Å². The first-order valence-corrected chi connectivity index (χ1v) is 11.3. The Morgan fingerprint density at radius 3 is 2.39 bits per heavy atom. The van der Waals surface area contributed by atoms with Gasteiger partial charge in [-0.2, -0.15) is 0 Å². The summed E-state index contributed by atoms with van der Waals surface area (Å²) in [5.41, 5.74) is 0.775. The van der Waals surface area contributed by atoms with Crippen molar-refractivity contribution in [2.75, 3.05) is 11.9 Å². The number of hydrogen-bond donors (Lipinski definition) is 2. The van der Waals surface area contributed by atoms with Gasteiger partial charge in [0, 0.05) is 6.42 Å². The molecule has 0 unspecified atom stereocenters. The molecule has 2 N–H and O–H groups in total. The molecule has 28 heavy (non-hydrogen) atoms. The number of ether oxygens (including phenoxy) is 1. The van der Waals surface area contributed by atoms with E-state index in [-0.39, 0.29) is 22.4 Å². The van der Waals surface area contributed by atoms with Crippen LogP contribution in [-0.4, -0.2) is 28.6 Å². The Balaban J connectivity index is 1.32. The summed E-state index contributed by atoms with van der Waals surface area (Å²) in [5, 5.41) is 6.48. The van der Waals surface area contributed by atoms with E-state index in [1.165, 1.54) is 49.9 Å². The number of thiazole rings is 1. The zero-order chi connectivity index (χ0) is 19.9. The summed E-state index contributed by atoms with van der Waals surface area (Å²) >= 11 is 6.48. The zero-order valence-corrected chi connectivity index (χ0v) is 18.0. The molecule has 6 nitrogen and oxygen atoms in total. The number of thiocarbonyl (C=S) groups is 1. The molecule has 0 aliphatic heterocycles. The normalized spacial score (nSPS) is 30.1. The maximum absolute atomic E-state index is 12.7. The van der Waals surface area contributed by atoms with E-state index in [1.54, 1.807) is 13.8 Å². The molecule has 4 aliphatic carbocycles. The molecule has 1 aromatic heterocycles. The van der Waals surface area contributed by atoms with Gasteiger partial charge in [-0.3, -0.25) is 4.79 Å². The third-order valence-corrected chi connectivity index (χ3v) is 7.69. The van der Waals surface area contributed by atoms with Gasteiger partial charge in [0.25, 0.3) is 0 Å². The van der Waals surface area contributed by atoms with Crippen LogP contribution >= 0.6 is 23.6 Å². The number of nitrogens with zero attached hydrogens (tertiary/aromatic N) is 1. The van der Waals surface area contributed by atoms with E-state index in [4.69, 9.17) is 17.0 Å². The van der Waals surface area contributed by atoms with Crippen molar-refractivity contribution in [3.8, 4) is 0 Å². The Labute approximate surface area is 174 Å². The number of carbonyl (C=O) groups is 2. The molecular formula is C20H27N3O3S2. The topological polar surface area (TPSA) is 80.3 Å². The number of aryl methyl sites for hydroxylation is 1. The summed E-state index contributed by atoms with van der Waals surface area (Å²) < 4.78 is 5.03. The Kier molecular flexibility index (Phi) is 5.44. The SMILES string of the molecule is CCOC(=O)c1sc(NC(=S)NC(=O)CC23CC4CC(CC(C4)C2)C3)nc1C. The van der Waals surface area contributed by atoms with Crippen LogP contribution < -0.4 is 10.6 Å². The fourth-order valence-electron chi connectivity index (χ4n) is 5.98. The Hall–Kier alpha value is -1.54. The molecule has 1 amide bonds. The Morgan fingerprint density at radius 1 is 1.21 bits per heavy atom. The molecular weight excluding hydrogens is 394 g/mol. The van der Waals surface area contributed by atoms with E-state index in [1.807, 2.05) is 0 Å². The van der Waals surface area contributed by atoms with Gasteiger partial charge in [0.1, 0.15) is 4.88 Å². The predicted octanol–water partition coefficient (Wildman–Crippen LogP) is 4.05. The van der Waals surface area contributed by atoms with Crippen LogP contribution in [0.2, 0.25) is 0 Å². The summed E-state index contributed by atoms with van der Waals surface area (Å²) in [6.07, 6.45) is 8.25. The van der Waals surface area contributed by atoms with E-state index in [9.17, 15) is 9.59 Å². The second-order valence-corrected chi connectivity index (χ2v) is 10.2. The summed E-state index contributed by atoms with van der Waals surface area (Å²) in [6, 6.07) is 0. The minimum absolute atomic E-state index is 0.0154. The lowest BCUT2D eigenvalue weighted by molar-refractivity contribution is -0.127. The van der Waals surface area contributed by atoms with Crippen molar-refractivity contribution >= 4 is 45.7 Å².